The summed E-state index contributed by atoms with van der Waals surface area (Å²) < 4.78 is 16.8. The van der Waals surface area contributed by atoms with Gasteiger partial charge in [-0.2, -0.15) is 0 Å². The second kappa shape index (κ2) is 6.68. The average Bonchev–Trinajstić information content (AvgIpc) is 2.90. The lowest BCUT2D eigenvalue weighted by molar-refractivity contribution is 0.425. The summed E-state index contributed by atoms with van der Waals surface area (Å²) in [6.07, 6.45) is 3.40. The van der Waals surface area contributed by atoms with Crippen molar-refractivity contribution in [1.82, 2.24) is 5.32 Å². The van der Waals surface area contributed by atoms with Crippen LogP contribution >= 0.6 is 0 Å². The standard InChI is InChI=1S/C15H19NO2S/c1-12(11-19(2)17)16-15(14-9-6-10-18-14)13-7-4-3-5-8-13/h3-10,12,15-16H,11H2,1-2H3. The molecule has 0 amide bonds. The Hall–Kier alpha value is -1.39. The third-order valence-electron chi connectivity index (χ3n) is 2.90. The Morgan fingerprint density at radius 1 is 1.21 bits per heavy atom. The molecule has 0 fully saturated rings. The van der Waals surface area contributed by atoms with Gasteiger partial charge < -0.3 is 9.73 Å². The molecule has 0 aliphatic rings. The van der Waals surface area contributed by atoms with Crippen molar-refractivity contribution in [2.45, 2.75) is 19.0 Å². The normalized spacial score (nSPS) is 15.9. The van der Waals surface area contributed by atoms with Gasteiger partial charge in [-0.1, -0.05) is 30.3 Å². The van der Waals surface area contributed by atoms with Crippen LogP contribution in [0.2, 0.25) is 0 Å². The van der Waals surface area contributed by atoms with Crippen molar-refractivity contribution in [3.05, 3.63) is 60.1 Å². The molecule has 1 heterocycles. The van der Waals surface area contributed by atoms with Crippen molar-refractivity contribution in [3.8, 4) is 0 Å². The maximum Gasteiger partial charge on any atom is 0.125 e. The van der Waals surface area contributed by atoms with Crippen LogP contribution < -0.4 is 5.32 Å². The van der Waals surface area contributed by atoms with Crippen LogP contribution in [0.4, 0.5) is 0 Å². The molecule has 19 heavy (non-hydrogen) atoms. The molecule has 0 aliphatic heterocycles. The van der Waals surface area contributed by atoms with E-state index in [4.69, 9.17) is 4.42 Å². The highest BCUT2D eigenvalue weighted by atomic mass is 32.2. The minimum atomic E-state index is -0.808. The summed E-state index contributed by atoms with van der Waals surface area (Å²) in [5.74, 6) is 1.50. The van der Waals surface area contributed by atoms with Crippen molar-refractivity contribution < 1.29 is 8.63 Å². The van der Waals surface area contributed by atoms with Gasteiger partial charge >= 0.3 is 0 Å². The molecule has 2 rings (SSSR count). The number of hydrogen-bond donors (Lipinski definition) is 1. The monoisotopic (exact) mass is 277 g/mol. The van der Waals surface area contributed by atoms with Crippen molar-refractivity contribution in [1.29, 1.82) is 0 Å². The van der Waals surface area contributed by atoms with E-state index >= 15 is 0 Å². The molecule has 0 saturated carbocycles. The highest BCUT2D eigenvalue weighted by Gasteiger charge is 2.19. The van der Waals surface area contributed by atoms with Crippen LogP contribution in [0.15, 0.2) is 53.1 Å². The zero-order valence-electron chi connectivity index (χ0n) is 11.2. The van der Waals surface area contributed by atoms with E-state index in [9.17, 15) is 4.21 Å². The van der Waals surface area contributed by atoms with Crippen LogP contribution in [-0.4, -0.2) is 22.3 Å². The molecule has 102 valence electrons. The molecule has 0 saturated heterocycles. The molecule has 1 aromatic heterocycles. The third-order valence-corrected chi connectivity index (χ3v) is 3.87. The topological polar surface area (TPSA) is 42.2 Å². The Labute approximate surface area is 116 Å². The predicted molar refractivity (Wildman–Crippen MR) is 78.5 cm³/mol. The van der Waals surface area contributed by atoms with Crippen LogP contribution in [0.25, 0.3) is 0 Å². The van der Waals surface area contributed by atoms with Gasteiger partial charge in [0.25, 0.3) is 0 Å². The van der Waals surface area contributed by atoms with Gasteiger partial charge in [0.1, 0.15) is 5.76 Å². The fourth-order valence-electron chi connectivity index (χ4n) is 2.13. The van der Waals surface area contributed by atoms with E-state index < -0.39 is 10.8 Å². The number of nitrogens with one attached hydrogen (secondary N) is 1. The highest BCUT2D eigenvalue weighted by molar-refractivity contribution is 7.84. The van der Waals surface area contributed by atoms with Gasteiger partial charge in [-0.15, -0.1) is 0 Å². The van der Waals surface area contributed by atoms with Gasteiger partial charge in [-0.25, -0.2) is 0 Å². The predicted octanol–water partition coefficient (Wildman–Crippen LogP) is 2.73. The minimum Gasteiger partial charge on any atom is -0.467 e. The number of rotatable bonds is 6. The van der Waals surface area contributed by atoms with Gasteiger partial charge in [-0.05, 0) is 24.6 Å². The van der Waals surface area contributed by atoms with Gasteiger partial charge in [0.15, 0.2) is 0 Å². The summed E-state index contributed by atoms with van der Waals surface area (Å²) in [4.78, 5) is 0. The molecule has 2 aromatic rings. The van der Waals surface area contributed by atoms with Crippen LogP contribution in [0.1, 0.15) is 24.3 Å². The van der Waals surface area contributed by atoms with Crippen molar-refractivity contribution in [3.63, 3.8) is 0 Å². The lowest BCUT2D eigenvalue weighted by Crippen LogP contribution is -2.34. The van der Waals surface area contributed by atoms with E-state index in [1.165, 1.54) is 0 Å². The first kappa shape index (κ1) is 14.0. The largest absolute Gasteiger partial charge is 0.467 e. The Bertz CT molecular complexity index is 510. The molecule has 3 atom stereocenters. The molecule has 3 nitrogen and oxygen atoms in total. The van der Waals surface area contributed by atoms with Crippen LogP contribution in [-0.2, 0) is 10.8 Å². The summed E-state index contributed by atoms with van der Waals surface area (Å²) in [7, 11) is -0.808. The fourth-order valence-corrected chi connectivity index (χ4v) is 2.93. The smallest absolute Gasteiger partial charge is 0.125 e. The summed E-state index contributed by atoms with van der Waals surface area (Å²) in [5.41, 5.74) is 1.14. The van der Waals surface area contributed by atoms with Crippen molar-refractivity contribution >= 4 is 10.8 Å². The van der Waals surface area contributed by atoms with Crippen LogP contribution in [0, 0.1) is 0 Å². The molecule has 1 N–H and O–H groups in total. The Balaban J connectivity index is 2.19. The Morgan fingerprint density at radius 2 is 1.95 bits per heavy atom. The lowest BCUT2D eigenvalue weighted by Gasteiger charge is -2.21. The van der Waals surface area contributed by atoms with Crippen LogP contribution in [0.3, 0.4) is 0 Å². The molecule has 1 aromatic carbocycles. The fraction of sp³-hybridized carbons (Fsp3) is 0.333. The second-order valence-corrected chi connectivity index (χ2v) is 6.15. The maximum atomic E-state index is 11.3. The molecule has 0 spiro atoms. The van der Waals surface area contributed by atoms with E-state index in [0.717, 1.165) is 11.3 Å². The van der Waals surface area contributed by atoms with E-state index in [0.29, 0.717) is 5.75 Å². The molecular formula is C15H19NO2S. The summed E-state index contributed by atoms with van der Waals surface area (Å²) in [6.45, 7) is 2.04. The Kier molecular flexibility index (Phi) is 4.93. The van der Waals surface area contributed by atoms with E-state index in [1.807, 2.05) is 37.3 Å². The number of furan rings is 1. The zero-order valence-corrected chi connectivity index (χ0v) is 12.0. The van der Waals surface area contributed by atoms with Crippen molar-refractivity contribution in [2.75, 3.05) is 12.0 Å². The zero-order chi connectivity index (χ0) is 13.7. The van der Waals surface area contributed by atoms with E-state index in [1.54, 1.807) is 12.5 Å². The molecule has 4 heteroatoms. The summed E-state index contributed by atoms with van der Waals surface area (Å²) in [5, 5.41) is 3.48. The lowest BCUT2D eigenvalue weighted by atomic mass is 10.0. The minimum absolute atomic E-state index is 0.00486. The molecular weight excluding hydrogens is 258 g/mol. The number of hydrogen-bond acceptors (Lipinski definition) is 3. The first-order chi connectivity index (χ1) is 9.16. The third kappa shape index (κ3) is 4.04. The van der Waals surface area contributed by atoms with Crippen LogP contribution in [0.5, 0.6) is 0 Å². The molecule has 0 radical (unpaired) electrons. The SMILES string of the molecule is CC(CS(C)=O)NC(c1ccccc1)c1ccco1. The molecule has 0 aliphatic carbocycles. The number of benzene rings is 1. The highest BCUT2D eigenvalue weighted by Crippen LogP contribution is 2.22. The maximum absolute atomic E-state index is 11.3. The quantitative estimate of drug-likeness (QED) is 0.883. The van der Waals surface area contributed by atoms with E-state index in [2.05, 4.69) is 17.4 Å². The average molecular weight is 277 g/mol. The van der Waals surface area contributed by atoms with Gasteiger partial charge in [-0.3, -0.25) is 4.21 Å². The first-order valence-corrected chi connectivity index (χ1v) is 8.04. The molecule has 3 unspecified atom stereocenters. The van der Waals surface area contributed by atoms with Gasteiger partial charge in [0.05, 0.1) is 12.3 Å². The second-order valence-electron chi connectivity index (χ2n) is 4.67. The first-order valence-electron chi connectivity index (χ1n) is 6.31. The van der Waals surface area contributed by atoms with Crippen molar-refractivity contribution in [2.24, 2.45) is 0 Å². The van der Waals surface area contributed by atoms with Gasteiger partial charge in [0, 0.05) is 28.9 Å². The Morgan fingerprint density at radius 3 is 2.53 bits per heavy atom. The van der Waals surface area contributed by atoms with Gasteiger partial charge in [0.2, 0.25) is 0 Å². The summed E-state index contributed by atoms with van der Waals surface area (Å²) >= 11 is 0. The summed E-state index contributed by atoms with van der Waals surface area (Å²) in [6, 6.07) is 14.1. The van der Waals surface area contributed by atoms with E-state index in [-0.39, 0.29) is 12.1 Å². The molecule has 0 bridgehead atoms.